The fraction of sp³-hybridized carbons (Fsp3) is 0.357. The second kappa shape index (κ2) is 10.5. The van der Waals surface area contributed by atoms with Gasteiger partial charge in [-0.3, -0.25) is 14.7 Å². The number of fused-ring (bicyclic) bond motifs is 1. The lowest BCUT2D eigenvalue weighted by Crippen LogP contribution is -2.55. The molecular weight excluding hydrogens is 486 g/mol. The lowest BCUT2D eigenvalue weighted by molar-refractivity contribution is -0.131. The van der Waals surface area contributed by atoms with E-state index >= 15 is 0 Å². The second-order valence-corrected chi connectivity index (χ2v) is 10.5. The van der Waals surface area contributed by atoms with Crippen LogP contribution in [-0.4, -0.2) is 55.9 Å². The lowest BCUT2D eigenvalue weighted by Gasteiger charge is -2.39. The van der Waals surface area contributed by atoms with Gasteiger partial charge in [-0.25, -0.2) is 9.97 Å². The minimum Gasteiger partial charge on any atom is -0.367 e. The highest BCUT2D eigenvalue weighted by molar-refractivity contribution is 6.29. The maximum absolute atomic E-state index is 12.7. The van der Waals surface area contributed by atoms with Gasteiger partial charge in [0.25, 0.3) is 0 Å². The van der Waals surface area contributed by atoms with Crippen molar-refractivity contribution in [3.63, 3.8) is 0 Å². The summed E-state index contributed by atoms with van der Waals surface area (Å²) in [5.41, 5.74) is 4.14. The number of nitrogens with one attached hydrogen (secondary N) is 3. The molecule has 5 heterocycles. The minimum atomic E-state index is 0.0893. The number of likely N-dealkylation sites (tertiary alicyclic amines) is 1. The number of nitrogens with zero attached hydrogens (tertiary/aromatic N) is 4. The van der Waals surface area contributed by atoms with E-state index in [4.69, 9.17) is 11.6 Å². The van der Waals surface area contributed by atoms with Crippen LogP contribution in [0, 0.1) is 5.92 Å². The summed E-state index contributed by atoms with van der Waals surface area (Å²) < 4.78 is 0. The zero-order chi connectivity index (χ0) is 25.2. The first-order chi connectivity index (χ1) is 18.1. The number of pyridine rings is 3. The zero-order valence-electron chi connectivity index (χ0n) is 20.5. The molecule has 1 saturated heterocycles. The van der Waals surface area contributed by atoms with Crippen LogP contribution in [0.25, 0.3) is 22.2 Å². The summed E-state index contributed by atoms with van der Waals surface area (Å²) >= 11 is 6.39. The predicted molar refractivity (Wildman–Crippen MR) is 145 cm³/mol. The monoisotopic (exact) mass is 515 g/mol. The molecule has 2 aliphatic rings. The SMILES string of the molecule is O=C(N[C@H]1CC[C@H](Nc2cc(-c3c[nH]c4ncccc34)cc(Cl)n2)CC1)C1CN(Cc2ccncc2)C1. The Morgan fingerprint density at radius 1 is 1.05 bits per heavy atom. The van der Waals surface area contributed by atoms with Gasteiger partial charge in [0, 0.05) is 67.5 Å². The molecular formula is C28H30ClN7O. The Balaban J connectivity index is 0.994. The normalized spacial score (nSPS) is 20.5. The van der Waals surface area contributed by atoms with Crippen LogP contribution in [-0.2, 0) is 11.3 Å². The van der Waals surface area contributed by atoms with Crippen LogP contribution in [0.5, 0.6) is 0 Å². The topological polar surface area (TPSA) is 98.8 Å². The molecule has 0 bridgehead atoms. The molecule has 0 aromatic carbocycles. The molecule has 1 aliphatic carbocycles. The molecule has 1 saturated carbocycles. The summed E-state index contributed by atoms with van der Waals surface area (Å²) in [6, 6.07) is 12.5. The molecule has 9 heteroatoms. The molecule has 1 amide bonds. The Morgan fingerprint density at radius 3 is 2.65 bits per heavy atom. The number of hydrogen-bond acceptors (Lipinski definition) is 6. The highest BCUT2D eigenvalue weighted by Crippen LogP contribution is 2.31. The van der Waals surface area contributed by atoms with Crippen LogP contribution in [0.3, 0.4) is 0 Å². The van der Waals surface area contributed by atoms with Crippen LogP contribution in [0.1, 0.15) is 31.2 Å². The molecule has 0 radical (unpaired) electrons. The summed E-state index contributed by atoms with van der Waals surface area (Å²) in [5.74, 6) is 1.06. The molecule has 2 fully saturated rings. The molecule has 1 aliphatic heterocycles. The average molecular weight is 516 g/mol. The number of carbonyl (C=O) groups excluding carboxylic acids is 1. The number of amides is 1. The number of carbonyl (C=O) groups is 1. The van der Waals surface area contributed by atoms with E-state index in [2.05, 4.69) is 35.5 Å². The highest BCUT2D eigenvalue weighted by Gasteiger charge is 2.34. The number of aromatic nitrogens is 4. The average Bonchev–Trinajstić information content (AvgIpc) is 3.32. The second-order valence-electron chi connectivity index (χ2n) is 10.1. The van der Waals surface area contributed by atoms with Gasteiger partial charge in [0.1, 0.15) is 16.6 Å². The molecule has 0 spiro atoms. The predicted octanol–water partition coefficient (Wildman–Crippen LogP) is 4.64. The summed E-state index contributed by atoms with van der Waals surface area (Å²) in [6.45, 7) is 2.51. The Labute approximate surface area is 220 Å². The van der Waals surface area contributed by atoms with Crippen molar-refractivity contribution in [2.75, 3.05) is 18.4 Å². The zero-order valence-corrected chi connectivity index (χ0v) is 21.3. The molecule has 4 aromatic rings. The number of rotatable bonds is 7. The van der Waals surface area contributed by atoms with Crippen molar-refractivity contribution in [3.8, 4) is 11.1 Å². The third-order valence-electron chi connectivity index (χ3n) is 7.47. The van der Waals surface area contributed by atoms with Gasteiger partial charge in [0.05, 0.1) is 5.92 Å². The Bertz CT molecular complexity index is 1380. The van der Waals surface area contributed by atoms with Gasteiger partial charge in [-0.2, -0.15) is 0 Å². The first-order valence-corrected chi connectivity index (χ1v) is 13.3. The van der Waals surface area contributed by atoms with Gasteiger partial charge < -0.3 is 15.6 Å². The fourth-order valence-corrected chi connectivity index (χ4v) is 5.65. The molecule has 37 heavy (non-hydrogen) atoms. The quantitative estimate of drug-likeness (QED) is 0.310. The molecule has 0 atom stereocenters. The summed E-state index contributed by atoms with van der Waals surface area (Å²) in [5, 5.41) is 8.38. The van der Waals surface area contributed by atoms with E-state index in [1.807, 2.05) is 55.0 Å². The van der Waals surface area contributed by atoms with Crippen molar-refractivity contribution in [2.24, 2.45) is 5.92 Å². The van der Waals surface area contributed by atoms with Gasteiger partial charge in [-0.1, -0.05) is 11.6 Å². The van der Waals surface area contributed by atoms with Gasteiger partial charge in [0.15, 0.2) is 0 Å². The Morgan fingerprint density at radius 2 is 1.84 bits per heavy atom. The third kappa shape index (κ3) is 5.45. The molecule has 3 N–H and O–H groups in total. The van der Waals surface area contributed by atoms with Crippen LogP contribution >= 0.6 is 11.6 Å². The van der Waals surface area contributed by atoms with Gasteiger partial charge in [-0.05, 0) is 73.2 Å². The number of halogens is 1. The van der Waals surface area contributed by atoms with Crippen molar-refractivity contribution in [1.29, 1.82) is 0 Å². The van der Waals surface area contributed by atoms with Crippen molar-refractivity contribution < 1.29 is 4.79 Å². The van der Waals surface area contributed by atoms with E-state index < -0.39 is 0 Å². The number of anilines is 1. The first kappa shape index (κ1) is 23.9. The largest absolute Gasteiger partial charge is 0.367 e. The smallest absolute Gasteiger partial charge is 0.225 e. The van der Waals surface area contributed by atoms with E-state index in [0.29, 0.717) is 11.2 Å². The molecule has 0 unspecified atom stereocenters. The minimum absolute atomic E-state index is 0.0893. The number of hydrogen-bond donors (Lipinski definition) is 3. The van der Waals surface area contributed by atoms with Gasteiger partial charge in [-0.15, -0.1) is 0 Å². The van der Waals surface area contributed by atoms with E-state index in [1.54, 1.807) is 6.20 Å². The maximum Gasteiger partial charge on any atom is 0.225 e. The summed E-state index contributed by atoms with van der Waals surface area (Å²) in [4.78, 5) is 31.2. The van der Waals surface area contributed by atoms with Gasteiger partial charge in [0.2, 0.25) is 5.91 Å². The van der Waals surface area contributed by atoms with Crippen LogP contribution in [0.15, 0.2) is 61.2 Å². The third-order valence-corrected chi connectivity index (χ3v) is 7.66. The van der Waals surface area contributed by atoms with Crippen LogP contribution < -0.4 is 10.6 Å². The number of H-pyrrole nitrogens is 1. The molecule has 4 aromatic heterocycles. The first-order valence-electron chi connectivity index (χ1n) is 12.9. The standard InChI is InChI=1S/C28H30ClN7O/c29-25-12-19(24-14-32-27-23(24)2-1-9-31-27)13-26(35-25)33-21-3-5-22(6-4-21)34-28(37)20-16-36(17-20)15-18-7-10-30-11-8-18/h1-2,7-14,20-22H,3-6,15-17H2,(H,31,32)(H,33,35)(H,34,37)/t21-,22-. The highest BCUT2D eigenvalue weighted by atomic mass is 35.5. The molecule has 6 rings (SSSR count). The summed E-state index contributed by atoms with van der Waals surface area (Å²) in [7, 11) is 0. The van der Waals surface area contributed by atoms with E-state index in [9.17, 15) is 4.79 Å². The van der Waals surface area contributed by atoms with Crippen LogP contribution in [0.2, 0.25) is 5.15 Å². The summed E-state index contributed by atoms with van der Waals surface area (Å²) in [6.07, 6.45) is 11.2. The van der Waals surface area contributed by atoms with Crippen molar-refractivity contribution in [3.05, 3.63) is 71.9 Å². The fourth-order valence-electron chi connectivity index (χ4n) is 5.44. The van der Waals surface area contributed by atoms with E-state index in [1.165, 1.54) is 5.56 Å². The van der Waals surface area contributed by atoms with E-state index in [-0.39, 0.29) is 17.9 Å². The Hall–Kier alpha value is -3.49. The van der Waals surface area contributed by atoms with Crippen LogP contribution in [0.4, 0.5) is 5.82 Å². The Kier molecular flexibility index (Phi) is 6.76. The van der Waals surface area contributed by atoms with Crippen molar-refractivity contribution in [2.45, 2.75) is 44.3 Å². The number of aromatic amines is 1. The van der Waals surface area contributed by atoms with Crippen molar-refractivity contribution in [1.82, 2.24) is 30.2 Å². The molecule has 190 valence electrons. The lowest BCUT2D eigenvalue weighted by atomic mass is 9.90. The van der Waals surface area contributed by atoms with Crippen molar-refractivity contribution >= 4 is 34.4 Å². The van der Waals surface area contributed by atoms with Gasteiger partial charge >= 0.3 is 0 Å². The van der Waals surface area contributed by atoms with E-state index in [0.717, 1.165) is 73.3 Å². The molecule has 8 nitrogen and oxygen atoms in total. The maximum atomic E-state index is 12.7.